The number of anilines is 1. The van der Waals surface area contributed by atoms with Gasteiger partial charge in [0.1, 0.15) is 6.33 Å². The van der Waals surface area contributed by atoms with Crippen molar-refractivity contribution in [2.45, 2.75) is 39.3 Å². The summed E-state index contributed by atoms with van der Waals surface area (Å²) in [5, 5.41) is 11.4. The monoisotopic (exact) mass is 402 g/mol. The summed E-state index contributed by atoms with van der Waals surface area (Å²) in [4.78, 5) is 36.7. The molecule has 0 aliphatic carbocycles. The number of amides is 2. The molecule has 156 valence electrons. The smallest absolute Gasteiger partial charge is 0.409 e. The maximum Gasteiger partial charge on any atom is 0.409 e. The lowest BCUT2D eigenvalue weighted by Crippen LogP contribution is -2.56. The van der Waals surface area contributed by atoms with Crippen LogP contribution >= 0.6 is 0 Å². The van der Waals surface area contributed by atoms with Crippen molar-refractivity contribution in [3.8, 4) is 0 Å². The molecule has 2 aromatic heterocycles. The third kappa shape index (κ3) is 3.81. The van der Waals surface area contributed by atoms with E-state index >= 15 is 0 Å². The number of carbonyl (C=O) groups excluding carboxylic acids is 2. The minimum atomic E-state index is -0.275. The molecule has 0 saturated carbocycles. The summed E-state index contributed by atoms with van der Waals surface area (Å²) in [6.07, 6.45) is 2.72. The topological polar surface area (TPSA) is 118 Å². The van der Waals surface area contributed by atoms with Gasteiger partial charge in [-0.2, -0.15) is 0 Å². The Kier molecular flexibility index (Phi) is 5.45. The Labute approximate surface area is 168 Å². The zero-order valence-electron chi connectivity index (χ0n) is 16.7. The van der Waals surface area contributed by atoms with Crippen LogP contribution in [0.1, 0.15) is 26.7 Å². The van der Waals surface area contributed by atoms with Crippen LogP contribution in [-0.4, -0.2) is 80.7 Å². The summed E-state index contributed by atoms with van der Waals surface area (Å²) in [5.41, 5.74) is 1.37. The minimum Gasteiger partial charge on any atom is -0.450 e. The average Bonchev–Trinajstić information content (AvgIpc) is 3.11. The molecule has 2 saturated heterocycles. The Morgan fingerprint density at radius 3 is 2.66 bits per heavy atom. The number of likely N-dealkylation sites (tertiary alicyclic amines) is 1. The molecule has 11 nitrogen and oxygen atoms in total. The molecule has 1 N–H and O–H groups in total. The molecule has 2 amide bonds. The number of fused-ring (bicyclic) bond motifs is 1. The lowest BCUT2D eigenvalue weighted by molar-refractivity contribution is -0.126. The van der Waals surface area contributed by atoms with Crippen LogP contribution in [-0.2, 0) is 16.1 Å². The van der Waals surface area contributed by atoms with Gasteiger partial charge in [0.25, 0.3) is 0 Å². The fraction of sp³-hybridized carbons (Fsp3) is 0.667. The van der Waals surface area contributed by atoms with Crippen molar-refractivity contribution in [3.05, 3.63) is 6.33 Å². The van der Waals surface area contributed by atoms with E-state index in [2.05, 4.69) is 25.6 Å². The minimum absolute atomic E-state index is 0.0540. The van der Waals surface area contributed by atoms with Crippen molar-refractivity contribution in [2.75, 3.05) is 37.7 Å². The Balaban J connectivity index is 1.28. The van der Waals surface area contributed by atoms with E-state index in [1.54, 1.807) is 16.5 Å². The summed E-state index contributed by atoms with van der Waals surface area (Å²) in [6.45, 7) is 7.24. The SMILES string of the molecule is CCOC(=O)N1CCC(NC(=O)C2CN(c3ncnc4c3nnn4CC)C2)CC1. The van der Waals surface area contributed by atoms with Gasteiger partial charge in [-0.15, -0.1) is 5.10 Å². The lowest BCUT2D eigenvalue weighted by Gasteiger charge is -2.40. The molecule has 0 radical (unpaired) electrons. The highest BCUT2D eigenvalue weighted by atomic mass is 16.6. The Morgan fingerprint density at radius 1 is 1.21 bits per heavy atom. The van der Waals surface area contributed by atoms with Crippen molar-refractivity contribution in [1.82, 2.24) is 35.2 Å². The molecule has 2 aliphatic heterocycles. The van der Waals surface area contributed by atoms with Crippen molar-refractivity contribution in [2.24, 2.45) is 5.92 Å². The van der Waals surface area contributed by atoms with Gasteiger partial charge in [-0.25, -0.2) is 19.4 Å². The predicted octanol–water partition coefficient (Wildman–Crippen LogP) is 0.415. The lowest BCUT2D eigenvalue weighted by atomic mass is 9.97. The number of hydrogen-bond acceptors (Lipinski definition) is 8. The number of ether oxygens (including phenoxy) is 1. The number of hydrogen-bond donors (Lipinski definition) is 1. The van der Waals surface area contributed by atoms with Crippen molar-refractivity contribution >= 4 is 29.0 Å². The second kappa shape index (κ2) is 8.18. The summed E-state index contributed by atoms with van der Waals surface area (Å²) in [6, 6.07) is 0.0948. The molecule has 2 fully saturated rings. The first-order valence-electron chi connectivity index (χ1n) is 10.1. The second-order valence-corrected chi connectivity index (χ2v) is 7.35. The van der Waals surface area contributed by atoms with Crippen LogP contribution in [0, 0.1) is 5.92 Å². The molecule has 4 rings (SSSR count). The van der Waals surface area contributed by atoms with Gasteiger partial charge in [-0.05, 0) is 26.7 Å². The molecule has 0 spiro atoms. The van der Waals surface area contributed by atoms with Crippen molar-refractivity contribution in [1.29, 1.82) is 0 Å². The van der Waals surface area contributed by atoms with E-state index < -0.39 is 0 Å². The molecule has 0 aromatic carbocycles. The Hall–Kier alpha value is -2.98. The van der Waals surface area contributed by atoms with Crippen molar-refractivity contribution < 1.29 is 14.3 Å². The van der Waals surface area contributed by atoms with E-state index in [0.29, 0.717) is 50.5 Å². The zero-order chi connectivity index (χ0) is 20.4. The van der Waals surface area contributed by atoms with Gasteiger partial charge in [-0.3, -0.25) is 4.79 Å². The highest BCUT2D eigenvalue weighted by molar-refractivity contribution is 5.86. The van der Waals surface area contributed by atoms with Gasteiger partial charge in [-0.1, -0.05) is 5.21 Å². The molecule has 2 aliphatic rings. The molecule has 4 heterocycles. The standard InChI is InChI=1S/C18H26N8O3/c1-3-26-16-14(22-23-26)15(19-11-20-16)25-9-12(10-25)17(27)21-13-5-7-24(8-6-13)18(28)29-4-2/h11-13H,3-10H2,1-2H3,(H,21,27). The molecule has 0 bridgehead atoms. The quantitative estimate of drug-likeness (QED) is 0.764. The maximum absolute atomic E-state index is 12.6. The number of piperidine rings is 1. The van der Waals surface area contributed by atoms with E-state index in [1.165, 1.54) is 6.33 Å². The molecule has 2 aromatic rings. The van der Waals surface area contributed by atoms with Crippen molar-refractivity contribution in [3.63, 3.8) is 0 Å². The summed E-state index contributed by atoms with van der Waals surface area (Å²) in [7, 11) is 0. The maximum atomic E-state index is 12.6. The molecule has 29 heavy (non-hydrogen) atoms. The normalized spacial score (nSPS) is 18.0. The van der Waals surface area contributed by atoms with Gasteiger partial charge in [0.2, 0.25) is 5.91 Å². The number of rotatable bonds is 5. The van der Waals surface area contributed by atoms with Gasteiger partial charge in [0.05, 0.1) is 12.5 Å². The molecular weight excluding hydrogens is 376 g/mol. The number of aryl methyl sites for hydroxylation is 1. The second-order valence-electron chi connectivity index (χ2n) is 7.35. The van der Waals surface area contributed by atoms with Crippen LogP contribution in [0.5, 0.6) is 0 Å². The summed E-state index contributed by atoms with van der Waals surface area (Å²) < 4.78 is 6.76. The summed E-state index contributed by atoms with van der Waals surface area (Å²) >= 11 is 0. The van der Waals surface area contributed by atoms with Gasteiger partial charge in [0, 0.05) is 38.8 Å². The first kappa shape index (κ1) is 19.3. The third-order valence-electron chi connectivity index (χ3n) is 5.50. The fourth-order valence-electron chi connectivity index (χ4n) is 3.78. The van der Waals surface area contributed by atoms with Crippen LogP contribution in [0.25, 0.3) is 11.2 Å². The van der Waals surface area contributed by atoms with Gasteiger partial charge < -0.3 is 19.9 Å². The highest BCUT2D eigenvalue weighted by Crippen LogP contribution is 2.27. The largest absolute Gasteiger partial charge is 0.450 e. The fourth-order valence-corrected chi connectivity index (χ4v) is 3.78. The van der Waals surface area contributed by atoms with Crippen LogP contribution < -0.4 is 10.2 Å². The van der Waals surface area contributed by atoms with E-state index in [0.717, 1.165) is 18.7 Å². The number of aromatic nitrogens is 5. The Morgan fingerprint density at radius 2 is 1.97 bits per heavy atom. The van der Waals surface area contributed by atoms with Gasteiger partial charge >= 0.3 is 6.09 Å². The van der Waals surface area contributed by atoms with Crippen LogP contribution in [0.2, 0.25) is 0 Å². The number of nitrogens with one attached hydrogen (secondary N) is 1. The zero-order valence-corrected chi connectivity index (χ0v) is 16.7. The average molecular weight is 402 g/mol. The summed E-state index contributed by atoms with van der Waals surface area (Å²) in [5.74, 6) is 0.698. The predicted molar refractivity (Wildman–Crippen MR) is 104 cm³/mol. The first-order valence-corrected chi connectivity index (χ1v) is 10.1. The third-order valence-corrected chi connectivity index (χ3v) is 5.50. The highest BCUT2D eigenvalue weighted by Gasteiger charge is 2.36. The molecule has 11 heteroatoms. The Bertz CT molecular complexity index is 886. The number of carbonyl (C=O) groups is 2. The number of nitrogens with zero attached hydrogens (tertiary/aromatic N) is 7. The van der Waals surface area contributed by atoms with E-state index in [1.807, 2.05) is 11.8 Å². The molecule has 0 atom stereocenters. The van der Waals surface area contributed by atoms with Gasteiger partial charge in [0.15, 0.2) is 17.0 Å². The molecular formula is C18H26N8O3. The van der Waals surface area contributed by atoms with Crippen LogP contribution in [0.15, 0.2) is 6.33 Å². The van der Waals surface area contributed by atoms with Crippen LogP contribution in [0.3, 0.4) is 0 Å². The first-order chi connectivity index (χ1) is 14.1. The van der Waals surface area contributed by atoms with Crippen LogP contribution in [0.4, 0.5) is 10.6 Å². The van der Waals surface area contributed by atoms with E-state index in [9.17, 15) is 9.59 Å². The molecule has 0 unspecified atom stereocenters. The van der Waals surface area contributed by atoms with E-state index in [4.69, 9.17) is 4.74 Å². The van der Waals surface area contributed by atoms with E-state index in [-0.39, 0.29) is 24.0 Å².